The molecule has 0 aliphatic carbocycles. The number of rotatable bonds is 4. The number of benzene rings is 1. The molecule has 0 bridgehead atoms. The molecule has 3 aromatic rings. The van der Waals surface area contributed by atoms with E-state index in [1.807, 2.05) is 26.0 Å². The van der Waals surface area contributed by atoms with Crippen molar-refractivity contribution in [3.63, 3.8) is 0 Å². The third-order valence-electron chi connectivity index (χ3n) is 3.94. The van der Waals surface area contributed by atoms with E-state index in [-0.39, 0.29) is 23.6 Å². The molecule has 128 valence electrons. The maximum atomic E-state index is 12.4. The van der Waals surface area contributed by atoms with Crippen molar-refractivity contribution in [1.29, 1.82) is 5.26 Å². The third kappa shape index (κ3) is 3.23. The molecule has 26 heavy (non-hydrogen) atoms. The minimum absolute atomic E-state index is 0.127. The van der Waals surface area contributed by atoms with Gasteiger partial charge in [-0.1, -0.05) is 24.1 Å². The van der Waals surface area contributed by atoms with Crippen molar-refractivity contribution in [2.45, 2.75) is 13.8 Å². The number of H-pyrrole nitrogens is 1. The van der Waals surface area contributed by atoms with Crippen molar-refractivity contribution in [3.05, 3.63) is 56.4 Å². The lowest BCUT2D eigenvalue weighted by atomic mass is 10.1. The Morgan fingerprint density at radius 3 is 2.92 bits per heavy atom. The molecule has 0 spiro atoms. The smallest absolute Gasteiger partial charge is 0.260 e. The van der Waals surface area contributed by atoms with Gasteiger partial charge in [-0.25, -0.2) is 4.98 Å². The van der Waals surface area contributed by atoms with Gasteiger partial charge in [0.15, 0.2) is 5.82 Å². The highest BCUT2D eigenvalue weighted by atomic mass is 32.1. The molecule has 6 heteroatoms. The first-order valence-electron chi connectivity index (χ1n) is 7.82. The number of thiophene rings is 1. The minimum Gasteiger partial charge on any atom is -0.480 e. The van der Waals surface area contributed by atoms with Crippen LogP contribution in [-0.4, -0.2) is 16.6 Å². The van der Waals surface area contributed by atoms with Crippen LogP contribution in [0.2, 0.25) is 0 Å². The van der Waals surface area contributed by atoms with Crippen LogP contribution in [0.5, 0.6) is 5.75 Å². The summed E-state index contributed by atoms with van der Waals surface area (Å²) in [4.78, 5) is 21.3. The largest absolute Gasteiger partial charge is 0.480 e. The summed E-state index contributed by atoms with van der Waals surface area (Å²) in [7, 11) is 0. The summed E-state index contributed by atoms with van der Waals surface area (Å²) in [6, 6.07) is 9.32. The number of ether oxygens (including phenoxy) is 1. The van der Waals surface area contributed by atoms with Gasteiger partial charge in [-0.2, -0.15) is 5.26 Å². The first-order valence-corrected chi connectivity index (χ1v) is 8.64. The molecule has 0 saturated heterocycles. The summed E-state index contributed by atoms with van der Waals surface area (Å²) in [5.74, 6) is 3.21. The van der Waals surface area contributed by atoms with Crippen LogP contribution in [0.15, 0.2) is 29.1 Å². The molecule has 0 atom stereocenters. The Morgan fingerprint density at radius 2 is 2.19 bits per heavy atom. The number of nitrogens with zero attached hydrogens (tertiary/aromatic N) is 2. The van der Waals surface area contributed by atoms with Crippen LogP contribution < -0.4 is 10.3 Å². The highest BCUT2D eigenvalue weighted by Crippen LogP contribution is 2.28. The van der Waals surface area contributed by atoms with Gasteiger partial charge in [-0.3, -0.25) is 4.79 Å². The highest BCUT2D eigenvalue weighted by Gasteiger charge is 2.14. The SMILES string of the molecule is C#CCOc1ccccc1/C=C(\C#N)c1nc2sc(C)c(C)c2c(=O)[nH]1. The first kappa shape index (κ1) is 17.5. The van der Waals surface area contributed by atoms with Crippen molar-refractivity contribution in [1.82, 2.24) is 9.97 Å². The van der Waals surface area contributed by atoms with Crippen molar-refractivity contribution >= 4 is 33.2 Å². The van der Waals surface area contributed by atoms with Crippen LogP contribution in [0.1, 0.15) is 21.8 Å². The fourth-order valence-electron chi connectivity index (χ4n) is 2.54. The van der Waals surface area contributed by atoms with E-state index in [0.29, 0.717) is 21.5 Å². The molecule has 0 fully saturated rings. The number of terminal acetylenes is 1. The van der Waals surface area contributed by atoms with Crippen molar-refractivity contribution in [3.8, 4) is 24.2 Å². The van der Waals surface area contributed by atoms with Crippen LogP contribution in [0.25, 0.3) is 21.9 Å². The maximum Gasteiger partial charge on any atom is 0.260 e. The number of hydrogen-bond acceptors (Lipinski definition) is 5. The van der Waals surface area contributed by atoms with Crippen molar-refractivity contribution in [2.75, 3.05) is 6.61 Å². The number of aromatic amines is 1. The zero-order chi connectivity index (χ0) is 18.7. The summed E-state index contributed by atoms with van der Waals surface area (Å²) in [6.45, 7) is 3.97. The molecule has 0 aliphatic rings. The van der Waals surface area contributed by atoms with Crippen LogP contribution in [0.3, 0.4) is 0 Å². The molecule has 0 saturated carbocycles. The molecular formula is C20H15N3O2S. The number of nitrogens with one attached hydrogen (secondary N) is 1. The number of allylic oxidation sites excluding steroid dienone is 1. The van der Waals surface area contributed by atoms with E-state index in [2.05, 4.69) is 22.0 Å². The molecule has 0 amide bonds. The Kier molecular flexibility index (Phi) is 4.88. The summed E-state index contributed by atoms with van der Waals surface area (Å²) in [6.07, 6.45) is 6.87. The molecule has 2 heterocycles. The Labute approximate surface area is 154 Å². The van der Waals surface area contributed by atoms with E-state index >= 15 is 0 Å². The van der Waals surface area contributed by atoms with Gasteiger partial charge in [0.1, 0.15) is 23.3 Å². The van der Waals surface area contributed by atoms with E-state index in [4.69, 9.17) is 11.2 Å². The zero-order valence-corrected chi connectivity index (χ0v) is 15.1. The number of para-hydroxylation sites is 1. The fraction of sp³-hybridized carbons (Fsp3) is 0.150. The number of fused-ring (bicyclic) bond motifs is 1. The Bertz CT molecular complexity index is 1160. The molecule has 5 nitrogen and oxygen atoms in total. The quantitative estimate of drug-likeness (QED) is 0.568. The van der Waals surface area contributed by atoms with Gasteiger partial charge >= 0.3 is 0 Å². The molecule has 0 unspecified atom stereocenters. The van der Waals surface area contributed by atoms with Gasteiger partial charge in [0.05, 0.1) is 11.0 Å². The van der Waals surface area contributed by atoms with Gasteiger partial charge in [-0.15, -0.1) is 17.8 Å². The summed E-state index contributed by atoms with van der Waals surface area (Å²) < 4.78 is 5.50. The average Bonchev–Trinajstić information content (AvgIpc) is 2.93. The zero-order valence-electron chi connectivity index (χ0n) is 14.3. The monoisotopic (exact) mass is 361 g/mol. The number of hydrogen-bond donors (Lipinski definition) is 1. The van der Waals surface area contributed by atoms with Crippen LogP contribution in [-0.2, 0) is 0 Å². The lowest BCUT2D eigenvalue weighted by molar-refractivity contribution is 0.369. The van der Waals surface area contributed by atoms with Crippen molar-refractivity contribution in [2.24, 2.45) is 0 Å². The van der Waals surface area contributed by atoms with Gasteiger partial charge in [-0.05, 0) is 31.6 Å². The van der Waals surface area contributed by atoms with Crippen LogP contribution in [0, 0.1) is 37.5 Å². The van der Waals surface area contributed by atoms with E-state index in [1.54, 1.807) is 18.2 Å². The Hall–Kier alpha value is -3.35. The molecule has 0 aliphatic heterocycles. The summed E-state index contributed by atoms with van der Waals surface area (Å²) in [5, 5.41) is 10.2. The van der Waals surface area contributed by atoms with E-state index < -0.39 is 0 Å². The Morgan fingerprint density at radius 1 is 1.42 bits per heavy atom. The summed E-state index contributed by atoms with van der Waals surface area (Å²) in [5.41, 5.74) is 1.59. The van der Waals surface area contributed by atoms with E-state index in [9.17, 15) is 10.1 Å². The van der Waals surface area contributed by atoms with E-state index in [0.717, 1.165) is 10.4 Å². The minimum atomic E-state index is -0.245. The topological polar surface area (TPSA) is 78.8 Å². The van der Waals surface area contributed by atoms with Crippen LogP contribution >= 0.6 is 11.3 Å². The number of aryl methyl sites for hydroxylation is 2. The molecule has 3 rings (SSSR count). The Balaban J connectivity index is 2.12. The second-order valence-corrected chi connectivity index (χ2v) is 6.78. The van der Waals surface area contributed by atoms with E-state index in [1.165, 1.54) is 11.3 Å². The predicted octanol–water partition coefficient (Wildman–Crippen LogP) is 3.68. The summed E-state index contributed by atoms with van der Waals surface area (Å²) >= 11 is 1.44. The maximum absolute atomic E-state index is 12.4. The first-order chi connectivity index (χ1) is 12.5. The fourth-order valence-corrected chi connectivity index (χ4v) is 3.57. The van der Waals surface area contributed by atoms with Crippen LogP contribution in [0.4, 0.5) is 0 Å². The predicted molar refractivity (Wildman–Crippen MR) is 104 cm³/mol. The van der Waals surface area contributed by atoms with Gasteiger partial charge in [0.2, 0.25) is 0 Å². The number of aromatic nitrogens is 2. The third-order valence-corrected chi connectivity index (χ3v) is 5.05. The molecular weight excluding hydrogens is 346 g/mol. The molecule has 1 aromatic carbocycles. The highest BCUT2D eigenvalue weighted by molar-refractivity contribution is 7.18. The molecule has 2 aromatic heterocycles. The van der Waals surface area contributed by atoms with Gasteiger partial charge < -0.3 is 9.72 Å². The molecule has 1 N–H and O–H groups in total. The lowest BCUT2D eigenvalue weighted by Gasteiger charge is -2.07. The normalized spacial score (nSPS) is 11.2. The lowest BCUT2D eigenvalue weighted by Crippen LogP contribution is -2.10. The molecule has 0 radical (unpaired) electrons. The van der Waals surface area contributed by atoms with Gasteiger partial charge in [0, 0.05) is 10.4 Å². The standard InChI is InChI=1S/C20H15N3O2S/c1-4-9-25-16-8-6-5-7-14(16)10-15(11-21)18-22-19(24)17-12(2)13(3)26-20(17)23-18/h1,5-8,10H,9H2,2-3H3,(H,22,23,24)/b15-10+. The van der Waals surface area contributed by atoms with Crippen molar-refractivity contribution < 1.29 is 4.74 Å². The average molecular weight is 361 g/mol. The number of nitriles is 1. The second-order valence-electron chi connectivity index (χ2n) is 5.58. The van der Waals surface area contributed by atoms with Gasteiger partial charge in [0.25, 0.3) is 5.56 Å². The second kappa shape index (κ2) is 7.26.